The predicted octanol–water partition coefficient (Wildman–Crippen LogP) is 5.96. The SMILES string of the molecule is O=C(CCCC(=O)N1C/C(=C\Cc2cccc(C(F)(F)F)c2)C(=O)/C(=C/Cc2cccc(C(F)(F)F)c2)C1)NC1=CCC(=S(=O)=O)C=C1. The molecular formula is C34H30F6N2O5S. The molecule has 0 aromatic heterocycles. The lowest BCUT2D eigenvalue weighted by molar-refractivity contribution is -0.138. The summed E-state index contributed by atoms with van der Waals surface area (Å²) in [7, 11) is -2.36. The molecule has 14 heteroatoms. The van der Waals surface area contributed by atoms with Crippen molar-refractivity contribution in [1.82, 2.24) is 10.2 Å². The summed E-state index contributed by atoms with van der Waals surface area (Å²) in [6, 6.07) is 9.21. The monoisotopic (exact) mass is 692 g/mol. The van der Waals surface area contributed by atoms with E-state index in [9.17, 15) is 49.1 Å². The van der Waals surface area contributed by atoms with Crippen molar-refractivity contribution in [2.45, 2.75) is 50.9 Å². The smallest absolute Gasteiger partial charge is 0.334 e. The Kier molecular flexibility index (Phi) is 11.6. The van der Waals surface area contributed by atoms with Gasteiger partial charge in [0.1, 0.15) is 0 Å². The molecule has 1 heterocycles. The van der Waals surface area contributed by atoms with Crippen LogP contribution in [0, 0.1) is 0 Å². The molecule has 0 saturated carbocycles. The molecule has 0 spiro atoms. The summed E-state index contributed by atoms with van der Waals surface area (Å²) in [6.45, 7) is -0.275. The second-order valence-electron chi connectivity index (χ2n) is 11.1. The number of piperidine rings is 1. The van der Waals surface area contributed by atoms with Gasteiger partial charge in [0, 0.05) is 49.2 Å². The lowest BCUT2D eigenvalue weighted by Gasteiger charge is -2.30. The van der Waals surface area contributed by atoms with Gasteiger partial charge in [-0.2, -0.15) is 34.8 Å². The Bertz CT molecular complexity index is 1760. The van der Waals surface area contributed by atoms with Gasteiger partial charge < -0.3 is 10.2 Å². The van der Waals surface area contributed by atoms with Crippen LogP contribution in [0.15, 0.2) is 95.8 Å². The molecule has 0 radical (unpaired) electrons. The average molecular weight is 693 g/mol. The standard InChI is InChI=1S/C34H30F6N2O5S/c35-33(36,37)26-6-1-4-22(18-26)10-12-24-20-42(21-25(32(24)45)13-11-23-5-2-7-27(19-23)34(38,39)40)31(44)9-3-8-30(43)41-28-14-16-29(17-15-28)48(46)47/h1-2,4-7,12-16,18-19H,3,8-11,17,20-21H2,(H,41,43)/b24-12+,25-13+. The van der Waals surface area contributed by atoms with Crippen molar-refractivity contribution in [3.63, 3.8) is 0 Å². The van der Waals surface area contributed by atoms with Crippen LogP contribution in [0.1, 0.15) is 47.9 Å². The molecule has 48 heavy (non-hydrogen) atoms. The molecule has 1 fully saturated rings. The molecule has 1 saturated heterocycles. The van der Waals surface area contributed by atoms with E-state index >= 15 is 0 Å². The van der Waals surface area contributed by atoms with E-state index in [-0.39, 0.29) is 78.8 Å². The number of hydrogen-bond acceptors (Lipinski definition) is 5. The van der Waals surface area contributed by atoms with Crippen LogP contribution < -0.4 is 5.32 Å². The maximum Gasteiger partial charge on any atom is 0.416 e. The van der Waals surface area contributed by atoms with Gasteiger partial charge in [0.05, 0.1) is 16.0 Å². The maximum absolute atomic E-state index is 13.4. The summed E-state index contributed by atoms with van der Waals surface area (Å²) < 4.78 is 101. The van der Waals surface area contributed by atoms with E-state index in [1.165, 1.54) is 53.5 Å². The molecule has 2 aromatic carbocycles. The molecule has 0 bridgehead atoms. The zero-order chi connectivity index (χ0) is 35.1. The predicted molar refractivity (Wildman–Crippen MR) is 166 cm³/mol. The number of hydrogen-bond donors (Lipinski definition) is 1. The van der Waals surface area contributed by atoms with Gasteiger partial charge in [0.2, 0.25) is 22.1 Å². The molecule has 4 rings (SSSR count). The minimum atomic E-state index is -4.56. The highest BCUT2D eigenvalue weighted by atomic mass is 32.2. The van der Waals surface area contributed by atoms with E-state index in [1.54, 1.807) is 6.08 Å². The topological polar surface area (TPSA) is 101 Å². The van der Waals surface area contributed by atoms with Gasteiger partial charge in [-0.25, -0.2) is 0 Å². The quantitative estimate of drug-likeness (QED) is 0.199. The number of nitrogens with one attached hydrogen (secondary N) is 1. The first-order valence-electron chi connectivity index (χ1n) is 14.8. The second-order valence-corrected chi connectivity index (χ2v) is 12.1. The normalized spacial score (nSPS) is 17.1. The fraction of sp³-hybridized carbons (Fsp3) is 0.294. The number of likely N-dealkylation sites (tertiary alicyclic amines) is 1. The van der Waals surface area contributed by atoms with E-state index in [0.29, 0.717) is 5.70 Å². The number of amides is 2. The number of benzene rings is 2. The summed E-state index contributed by atoms with van der Waals surface area (Å²) in [5.41, 5.74) is -0.430. The van der Waals surface area contributed by atoms with Crippen LogP contribution in [-0.2, 0) is 49.9 Å². The van der Waals surface area contributed by atoms with Crippen LogP contribution in [0.2, 0.25) is 0 Å². The molecule has 1 aliphatic carbocycles. The van der Waals surface area contributed by atoms with Gasteiger partial charge in [0.15, 0.2) is 5.78 Å². The number of carbonyl (C=O) groups is 3. The third-order valence-electron chi connectivity index (χ3n) is 7.60. The zero-order valence-electron chi connectivity index (χ0n) is 25.3. The van der Waals surface area contributed by atoms with Gasteiger partial charge in [0.25, 0.3) is 0 Å². The number of carbonyl (C=O) groups excluding carboxylic acids is 3. The van der Waals surface area contributed by atoms with Gasteiger partial charge in [-0.3, -0.25) is 14.4 Å². The Balaban J connectivity index is 1.47. The first-order chi connectivity index (χ1) is 22.6. The zero-order valence-corrected chi connectivity index (χ0v) is 26.1. The minimum absolute atomic E-state index is 0.0375. The van der Waals surface area contributed by atoms with Gasteiger partial charge >= 0.3 is 12.4 Å². The molecule has 0 unspecified atom stereocenters. The molecule has 254 valence electrons. The minimum Gasteiger partial charge on any atom is -0.334 e. The lowest BCUT2D eigenvalue weighted by atomic mass is 9.93. The van der Waals surface area contributed by atoms with Crippen LogP contribution in [0.4, 0.5) is 26.3 Å². The first-order valence-corrected chi connectivity index (χ1v) is 15.8. The molecular weight excluding hydrogens is 662 g/mol. The number of Topliss-reactive ketones (excluding diaryl/α,β-unsaturated/α-hetero) is 1. The number of allylic oxidation sites excluding steroid dienone is 5. The van der Waals surface area contributed by atoms with Crippen LogP contribution in [-0.4, -0.2) is 48.9 Å². The number of nitrogens with zero attached hydrogens (tertiary/aromatic N) is 1. The average Bonchev–Trinajstić information content (AvgIpc) is 3.03. The number of alkyl halides is 6. The number of rotatable bonds is 9. The number of ketones is 1. The van der Waals surface area contributed by atoms with E-state index in [2.05, 4.69) is 5.32 Å². The Morgan fingerprint density at radius 2 is 1.35 bits per heavy atom. The second kappa shape index (κ2) is 15.5. The van der Waals surface area contributed by atoms with Crippen LogP contribution >= 0.6 is 0 Å². The maximum atomic E-state index is 13.4. The fourth-order valence-corrected chi connectivity index (χ4v) is 5.47. The lowest BCUT2D eigenvalue weighted by Crippen LogP contribution is -2.41. The van der Waals surface area contributed by atoms with Crippen molar-refractivity contribution in [3.05, 3.63) is 118 Å². The van der Waals surface area contributed by atoms with E-state index in [1.807, 2.05) is 0 Å². The van der Waals surface area contributed by atoms with Crippen molar-refractivity contribution >= 4 is 32.8 Å². The molecule has 0 atom stereocenters. The van der Waals surface area contributed by atoms with Gasteiger partial charge in [-0.1, -0.05) is 54.6 Å². The van der Waals surface area contributed by atoms with Crippen molar-refractivity contribution in [2.75, 3.05) is 13.1 Å². The summed E-state index contributed by atoms with van der Waals surface area (Å²) in [4.78, 5) is 40.6. The third kappa shape index (κ3) is 10.1. The fourth-order valence-electron chi connectivity index (χ4n) is 5.07. The van der Waals surface area contributed by atoms with Gasteiger partial charge in [-0.15, -0.1) is 0 Å². The number of halogens is 6. The molecule has 7 nitrogen and oxygen atoms in total. The van der Waals surface area contributed by atoms with Gasteiger partial charge in [-0.05, 0) is 54.7 Å². The first kappa shape index (κ1) is 36.1. The highest BCUT2D eigenvalue weighted by Crippen LogP contribution is 2.31. The highest BCUT2D eigenvalue weighted by molar-refractivity contribution is 7.73. The van der Waals surface area contributed by atoms with Crippen LogP contribution in [0.3, 0.4) is 0 Å². The summed E-state index contributed by atoms with van der Waals surface area (Å²) in [6.07, 6.45) is -1.80. The third-order valence-corrected chi connectivity index (χ3v) is 8.33. The van der Waals surface area contributed by atoms with E-state index in [0.717, 1.165) is 24.3 Å². The largest absolute Gasteiger partial charge is 0.416 e. The highest BCUT2D eigenvalue weighted by Gasteiger charge is 2.32. The van der Waals surface area contributed by atoms with Crippen molar-refractivity contribution in [3.8, 4) is 0 Å². The van der Waals surface area contributed by atoms with Crippen molar-refractivity contribution in [1.29, 1.82) is 0 Å². The molecule has 1 aliphatic heterocycles. The van der Waals surface area contributed by atoms with E-state index < -0.39 is 51.4 Å². The van der Waals surface area contributed by atoms with E-state index in [4.69, 9.17) is 0 Å². The Labute approximate surface area is 273 Å². The summed E-state index contributed by atoms with van der Waals surface area (Å²) in [5, 5.41) is 2.63. The Morgan fingerprint density at radius 3 is 1.81 bits per heavy atom. The van der Waals surface area contributed by atoms with Crippen LogP contribution in [0.5, 0.6) is 0 Å². The molecule has 1 N–H and O–H groups in total. The summed E-state index contributed by atoms with van der Waals surface area (Å²) in [5.74, 6) is -1.27. The van der Waals surface area contributed by atoms with Crippen molar-refractivity contribution in [2.24, 2.45) is 0 Å². The van der Waals surface area contributed by atoms with Crippen LogP contribution in [0.25, 0.3) is 0 Å². The van der Waals surface area contributed by atoms with Crippen molar-refractivity contribution < 1.29 is 49.1 Å². The molecule has 2 amide bonds. The Morgan fingerprint density at radius 1 is 0.812 bits per heavy atom. The Hall–Kier alpha value is -4.72. The summed E-state index contributed by atoms with van der Waals surface area (Å²) >= 11 is 0. The molecule has 2 aliphatic rings. The molecule has 2 aromatic rings.